The van der Waals surface area contributed by atoms with Crippen LogP contribution in [0.3, 0.4) is 0 Å². The van der Waals surface area contributed by atoms with Crippen LogP contribution in [-0.4, -0.2) is 52.5 Å². The van der Waals surface area contributed by atoms with Gasteiger partial charge in [-0.3, -0.25) is 9.59 Å². The van der Waals surface area contributed by atoms with Gasteiger partial charge in [0.05, 0.1) is 6.04 Å². The first-order valence-corrected chi connectivity index (χ1v) is 13.4. The Morgan fingerprint density at radius 3 is 2.03 bits per heavy atom. The topological polar surface area (TPSA) is 122 Å². The maximum atomic E-state index is 12.7. The van der Waals surface area contributed by atoms with E-state index in [2.05, 4.69) is 34.9 Å². The fourth-order valence-electron chi connectivity index (χ4n) is 4.56. The molecule has 0 fully saturated rings. The van der Waals surface area contributed by atoms with E-state index in [9.17, 15) is 19.5 Å². The van der Waals surface area contributed by atoms with Crippen molar-refractivity contribution in [2.45, 2.75) is 37.4 Å². The zero-order valence-corrected chi connectivity index (χ0v) is 21.4. The van der Waals surface area contributed by atoms with Gasteiger partial charge in [0.1, 0.15) is 12.1 Å². The van der Waals surface area contributed by atoms with Crippen LogP contribution in [0.25, 0.3) is 11.1 Å². The van der Waals surface area contributed by atoms with Crippen molar-refractivity contribution in [2.75, 3.05) is 11.5 Å². The number of nitrogens with two attached hydrogens (primary N) is 1. The summed E-state index contributed by atoms with van der Waals surface area (Å²) in [6.07, 6.45) is 0.336. The van der Waals surface area contributed by atoms with E-state index >= 15 is 0 Å². The molecule has 3 aromatic carbocycles. The lowest BCUT2D eigenvalue weighted by atomic mass is 9.99. The molecule has 5 N–H and O–H groups in total. The summed E-state index contributed by atoms with van der Waals surface area (Å²) in [5, 5.41) is 14.9. The van der Waals surface area contributed by atoms with E-state index in [4.69, 9.17) is 5.73 Å². The van der Waals surface area contributed by atoms with Crippen LogP contribution >= 0.6 is 11.8 Å². The molecule has 0 bridgehead atoms. The Labute approximate surface area is 220 Å². The van der Waals surface area contributed by atoms with Gasteiger partial charge < -0.3 is 21.5 Å². The number of amides is 2. The fraction of sp³-hybridized carbons (Fsp3) is 0.276. The molecule has 2 amide bonds. The molecule has 0 aromatic heterocycles. The average Bonchev–Trinajstić information content (AvgIpc) is 3.22. The Hall–Kier alpha value is -3.62. The van der Waals surface area contributed by atoms with Crippen LogP contribution < -0.4 is 16.4 Å². The molecule has 0 spiro atoms. The number of benzene rings is 3. The maximum Gasteiger partial charge on any atom is 0.327 e. The van der Waals surface area contributed by atoms with Crippen molar-refractivity contribution >= 4 is 29.5 Å². The predicted octanol–water partition coefficient (Wildman–Crippen LogP) is 3.18. The average molecular weight is 518 g/mol. The highest BCUT2D eigenvalue weighted by Crippen LogP contribution is 2.45. The molecule has 4 rings (SSSR count). The summed E-state index contributed by atoms with van der Waals surface area (Å²) in [5.74, 6) is -1.10. The van der Waals surface area contributed by atoms with Gasteiger partial charge in [-0.05, 0) is 41.2 Å². The number of nitrogens with one attached hydrogen (secondary N) is 2. The predicted molar refractivity (Wildman–Crippen MR) is 146 cm³/mol. The van der Waals surface area contributed by atoms with E-state index in [0.717, 1.165) is 5.56 Å². The van der Waals surface area contributed by atoms with Gasteiger partial charge in [-0.25, -0.2) is 4.79 Å². The lowest BCUT2D eigenvalue weighted by Crippen LogP contribution is -2.54. The zero-order chi connectivity index (χ0) is 26.4. The number of hydrogen-bond acceptors (Lipinski definition) is 5. The largest absolute Gasteiger partial charge is 0.480 e. The smallest absolute Gasteiger partial charge is 0.327 e. The van der Waals surface area contributed by atoms with Crippen LogP contribution in [0.5, 0.6) is 0 Å². The first kappa shape index (κ1) is 26.4. The Kier molecular flexibility index (Phi) is 8.63. The summed E-state index contributed by atoms with van der Waals surface area (Å²) >= 11 is 1.48. The van der Waals surface area contributed by atoms with Crippen molar-refractivity contribution < 1.29 is 19.5 Å². The monoisotopic (exact) mass is 517 g/mol. The lowest BCUT2D eigenvalue weighted by molar-refractivity contribution is -0.141. The third-order valence-electron chi connectivity index (χ3n) is 6.53. The number of fused-ring (bicyclic) bond motifs is 3. The molecular weight excluding hydrogens is 486 g/mol. The standard InChI is InChI=1S/C29H31N3O4S/c1-18(31-28(34)25(30)15-19-9-3-2-4-10-19)27(33)32-26(29(35)36)17-37-16-24-22-13-7-5-11-20(22)21-12-6-8-14-23(21)24/h2-14,18,24-26H,15-17,30H2,1H3,(H,31,34)(H,32,33)(H,35,36)/t18-,25-,26-/m0/s1. The van der Waals surface area contributed by atoms with E-state index in [-0.39, 0.29) is 11.7 Å². The Bertz CT molecular complexity index is 1220. The molecule has 7 nitrogen and oxygen atoms in total. The van der Waals surface area contributed by atoms with Gasteiger partial charge in [0, 0.05) is 17.4 Å². The van der Waals surface area contributed by atoms with Crippen molar-refractivity contribution in [1.29, 1.82) is 0 Å². The molecule has 37 heavy (non-hydrogen) atoms. The highest BCUT2D eigenvalue weighted by Gasteiger charge is 2.29. The van der Waals surface area contributed by atoms with E-state index in [0.29, 0.717) is 12.2 Å². The SMILES string of the molecule is C[C@H](NC(=O)[C@@H](N)Cc1ccccc1)C(=O)N[C@@H](CSCC1c2ccccc2-c2ccccc21)C(=O)O. The summed E-state index contributed by atoms with van der Waals surface area (Å²) < 4.78 is 0. The van der Waals surface area contributed by atoms with Gasteiger partial charge >= 0.3 is 5.97 Å². The molecule has 0 saturated carbocycles. The summed E-state index contributed by atoms with van der Waals surface area (Å²) in [5.41, 5.74) is 11.8. The molecular formula is C29H31N3O4S. The minimum atomic E-state index is -1.12. The Morgan fingerprint density at radius 1 is 0.865 bits per heavy atom. The van der Waals surface area contributed by atoms with Crippen LogP contribution in [0, 0.1) is 0 Å². The third-order valence-corrected chi connectivity index (χ3v) is 7.67. The zero-order valence-electron chi connectivity index (χ0n) is 20.6. The van der Waals surface area contributed by atoms with E-state index in [1.165, 1.54) is 40.9 Å². The van der Waals surface area contributed by atoms with Crippen molar-refractivity contribution in [3.05, 3.63) is 95.6 Å². The quantitative estimate of drug-likeness (QED) is 0.310. The second-order valence-corrected chi connectivity index (χ2v) is 10.3. The summed E-state index contributed by atoms with van der Waals surface area (Å²) in [6.45, 7) is 1.51. The number of carboxylic acid groups (broad SMARTS) is 1. The van der Waals surface area contributed by atoms with Gasteiger partial charge in [-0.15, -0.1) is 0 Å². The van der Waals surface area contributed by atoms with Crippen LogP contribution in [0.4, 0.5) is 0 Å². The highest BCUT2D eigenvalue weighted by atomic mass is 32.2. The number of thioether (sulfide) groups is 1. The molecule has 0 saturated heterocycles. The number of hydrogen-bond donors (Lipinski definition) is 4. The molecule has 3 atom stereocenters. The summed E-state index contributed by atoms with van der Waals surface area (Å²) in [7, 11) is 0. The molecule has 0 radical (unpaired) electrons. The molecule has 8 heteroatoms. The van der Waals surface area contributed by atoms with Gasteiger partial charge in [0.15, 0.2) is 0 Å². The summed E-state index contributed by atoms with van der Waals surface area (Å²) in [6, 6.07) is 23.1. The van der Waals surface area contributed by atoms with E-state index < -0.39 is 35.9 Å². The van der Waals surface area contributed by atoms with Crippen LogP contribution in [-0.2, 0) is 20.8 Å². The van der Waals surface area contributed by atoms with E-state index in [1.54, 1.807) is 0 Å². The van der Waals surface area contributed by atoms with Crippen LogP contribution in [0.1, 0.15) is 29.5 Å². The van der Waals surface area contributed by atoms with Crippen molar-refractivity contribution in [3.63, 3.8) is 0 Å². The molecule has 0 aliphatic heterocycles. The minimum Gasteiger partial charge on any atom is -0.480 e. The second kappa shape index (κ2) is 12.1. The number of rotatable bonds is 11. The highest BCUT2D eigenvalue weighted by molar-refractivity contribution is 7.99. The molecule has 0 unspecified atom stereocenters. The molecule has 1 aliphatic rings. The number of carbonyl (C=O) groups is 3. The first-order valence-electron chi connectivity index (χ1n) is 12.2. The third kappa shape index (κ3) is 6.39. The minimum absolute atomic E-state index is 0.159. The number of aliphatic carboxylic acids is 1. The Balaban J connectivity index is 1.30. The van der Waals surface area contributed by atoms with Gasteiger partial charge in [-0.2, -0.15) is 11.8 Å². The van der Waals surface area contributed by atoms with Crippen LogP contribution in [0.15, 0.2) is 78.9 Å². The maximum absolute atomic E-state index is 12.7. The molecule has 1 aliphatic carbocycles. The number of carbonyl (C=O) groups excluding carboxylic acids is 2. The van der Waals surface area contributed by atoms with Crippen LogP contribution in [0.2, 0.25) is 0 Å². The van der Waals surface area contributed by atoms with Gasteiger partial charge in [0.25, 0.3) is 0 Å². The molecule has 192 valence electrons. The molecule has 0 heterocycles. The Morgan fingerprint density at radius 2 is 1.43 bits per heavy atom. The fourth-order valence-corrected chi connectivity index (χ4v) is 5.75. The van der Waals surface area contributed by atoms with E-state index in [1.807, 2.05) is 54.6 Å². The van der Waals surface area contributed by atoms with Gasteiger partial charge in [-0.1, -0.05) is 78.9 Å². The normalized spacial score (nSPS) is 14.6. The van der Waals surface area contributed by atoms with Gasteiger partial charge in [0.2, 0.25) is 11.8 Å². The first-order chi connectivity index (χ1) is 17.8. The number of carboxylic acids is 1. The second-order valence-electron chi connectivity index (χ2n) is 9.19. The van der Waals surface area contributed by atoms with Crippen molar-refractivity contribution in [3.8, 4) is 11.1 Å². The summed E-state index contributed by atoms with van der Waals surface area (Å²) in [4.78, 5) is 37.0. The van der Waals surface area contributed by atoms with Crippen molar-refractivity contribution in [2.24, 2.45) is 5.73 Å². The molecule has 3 aromatic rings. The lowest BCUT2D eigenvalue weighted by Gasteiger charge is -2.21. The van der Waals surface area contributed by atoms with Crippen molar-refractivity contribution in [1.82, 2.24) is 10.6 Å².